The Morgan fingerprint density at radius 2 is 1.96 bits per heavy atom. The SMILES string of the molecule is COC1=CCC2=C(CCC3[C@@H]2CCC2(C)[C@H]3CCC23OCCO3)C1. The molecule has 0 aromatic heterocycles. The molecule has 1 aliphatic heterocycles. The fourth-order valence-electron chi connectivity index (χ4n) is 6.93. The summed E-state index contributed by atoms with van der Waals surface area (Å²) in [6, 6.07) is 0. The van der Waals surface area contributed by atoms with Gasteiger partial charge < -0.3 is 14.2 Å². The second-order valence-corrected chi connectivity index (χ2v) is 8.74. The van der Waals surface area contributed by atoms with E-state index in [1.54, 1.807) is 11.1 Å². The molecule has 2 saturated carbocycles. The molecule has 5 rings (SSSR count). The van der Waals surface area contributed by atoms with E-state index in [0.717, 1.165) is 50.2 Å². The number of ether oxygens (including phenoxy) is 3. The summed E-state index contributed by atoms with van der Waals surface area (Å²) < 4.78 is 18.0. The molecule has 0 aromatic rings. The molecule has 3 nitrogen and oxygen atoms in total. The molecule has 132 valence electrons. The average molecular weight is 330 g/mol. The lowest BCUT2D eigenvalue weighted by molar-refractivity contribution is -0.238. The molecule has 0 aromatic carbocycles. The molecule has 4 aliphatic carbocycles. The van der Waals surface area contributed by atoms with Crippen molar-refractivity contribution in [3.8, 4) is 0 Å². The van der Waals surface area contributed by atoms with E-state index in [1.165, 1.54) is 37.9 Å². The van der Waals surface area contributed by atoms with Crippen LogP contribution in [-0.2, 0) is 14.2 Å². The summed E-state index contributed by atoms with van der Waals surface area (Å²) in [5.74, 6) is 3.34. The minimum atomic E-state index is -0.257. The second-order valence-electron chi connectivity index (χ2n) is 8.74. The molecule has 0 amide bonds. The van der Waals surface area contributed by atoms with E-state index in [1.807, 2.05) is 7.11 Å². The van der Waals surface area contributed by atoms with E-state index in [0.29, 0.717) is 0 Å². The van der Waals surface area contributed by atoms with E-state index in [2.05, 4.69) is 13.0 Å². The van der Waals surface area contributed by atoms with Gasteiger partial charge in [0, 0.05) is 18.3 Å². The second kappa shape index (κ2) is 5.35. The van der Waals surface area contributed by atoms with Crippen molar-refractivity contribution < 1.29 is 14.2 Å². The first kappa shape index (κ1) is 15.5. The molecule has 1 heterocycles. The van der Waals surface area contributed by atoms with Gasteiger partial charge in [0.1, 0.15) is 0 Å². The number of rotatable bonds is 1. The lowest BCUT2D eigenvalue weighted by atomic mass is 9.54. The van der Waals surface area contributed by atoms with Crippen LogP contribution in [0.25, 0.3) is 0 Å². The van der Waals surface area contributed by atoms with Gasteiger partial charge in [-0.05, 0) is 62.4 Å². The van der Waals surface area contributed by atoms with Gasteiger partial charge in [-0.1, -0.05) is 18.1 Å². The Balaban J connectivity index is 1.43. The van der Waals surface area contributed by atoms with Gasteiger partial charge in [-0.2, -0.15) is 0 Å². The number of hydrogen-bond donors (Lipinski definition) is 0. The standard InChI is InChI=1S/C21H30O3/c1-20-9-7-17-16-6-4-15(22-2)13-14(16)3-5-18(17)19(20)8-10-21(20)23-11-12-24-21/h4,17-19H,3,5-13H2,1-2H3/t17-,18?,19+,20?/m1/s1. The highest BCUT2D eigenvalue weighted by molar-refractivity contribution is 5.33. The molecule has 5 aliphatic rings. The number of allylic oxidation sites excluding steroid dienone is 3. The van der Waals surface area contributed by atoms with Crippen LogP contribution in [0.4, 0.5) is 0 Å². The molecular formula is C21H30O3. The van der Waals surface area contributed by atoms with Gasteiger partial charge in [0.25, 0.3) is 0 Å². The van der Waals surface area contributed by atoms with Gasteiger partial charge >= 0.3 is 0 Å². The zero-order valence-electron chi connectivity index (χ0n) is 15.1. The summed E-state index contributed by atoms with van der Waals surface area (Å²) in [4.78, 5) is 0. The summed E-state index contributed by atoms with van der Waals surface area (Å²) in [5.41, 5.74) is 3.69. The van der Waals surface area contributed by atoms with Crippen LogP contribution in [0, 0.1) is 23.2 Å². The zero-order chi connectivity index (χ0) is 16.4. The van der Waals surface area contributed by atoms with Gasteiger partial charge in [0.2, 0.25) is 0 Å². The topological polar surface area (TPSA) is 27.7 Å². The molecule has 0 bridgehead atoms. The van der Waals surface area contributed by atoms with Crippen LogP contribution in [0.2, 0.25) is 0 Å². The molecule has 1 spiro atoms. The van der Waals surface area contributed by atoms with Gasteiger partial charge in [-0.3, -0.25) is 0 Å². The van der Waals surface area contributed by atoms with Gasteiger partial charge in [-0.25, -0.2) is 0 Å². The Kier molecular flexibility index (Phi) is 3.44. The third-order valence-corrected chi connectivity index (χ3v) is 8.12. The smallest absolute Gasteiger partial charge is 0.174 e. The molecule has 0 radical (unpaired) electrons. The highest BCUT2D eigenvalue weighted by Crippen LogP contribution is 2.66. The first-order valence-electron chi connectivity index (χ1n) is 9.88. The number of hydrogen-bond acceptors (Lipinski definition) is 3. The summed E-state index contributed by atoms with van der Waals surface area (Å²) in [6.45, 7) is 4.05. The Bertz CT molecular complexity index is 598. The van der Waals surface area contributed by atoms with E-state index >= 15 is 0 Å². The summed E-state index contributed by atoms with van der Waals surface area (Å²) >= 11 is 0. The zero-order valence-corrected chi connectivity index (χ0v) is 15.1. The fraction of sp³-hybridized carbons (Fsp3) is 0.810. The molecule has 1 saturated heterocycles. The maximum atomic E-state index is 6.23. The highest BCUT2D eigenvalue weighted by Gasteiger charge is 2.65. The normalized spacial score (nSPS) is 43.2. The predicted octanol–water partition coefficient (Wildman–Crippen LogP) is 4.59. The summed E-state index contributed by atoms with van der Waals surface area (Å²) in [5, 5.41) is 0. The molecule has 24 heavy (non-hydrogen) atoms. The van der Waals surface area contributed by atoms with Crippen LogP contribution in [0.5, 0.6) is 0 Å². The quantitative estimate of drug-likeness (QED) is 0.658. The molecule has 0 N–H and O–H groups in total. The summed E-state index contributed by atoms with van der Waals surface area (Å²) in [6.07, 6.45) is 12.1. The van der Waals surface area contributed by atoms with E-state index in [9.17, 15) is 0 Å². The van der Waals surface area contributed by atoms with E-state index in [-0.39, 0.29) is 11.2 Å². The number of methoxy groups -OCH3 is 1. The average Bonchev–Trinajstić information content (AvgIpc) is 3.21. The Labute approximate surface area is 145 Å². The number of fused-ring (bicyclic) bond motifs is 5. The minimum Gasteiger partial charge on any atom is -0.501 e. The largest absolute Gasteiger partial charge is 0.501 e. The van der Waals surface area contributed by atoms with Crippen LogP contribution in [0.3, 0.4) is 0 Å². The van der Waals surface area contributed by atoms with Crippen molar-refractivity contribution in [2.75, 3.05) is 20.3 Å². The van der Waals surface area contributed by atoms with E-state index in [4.69, 9.17) is 14.2 Å². The fourth-order valence-corrected chi connectivity index (χ4v) is 6.93. The maximum Gasteiger partial charge on any atom is 0.174 e. The molecular weight excluding hydrogens is 300 g/mol. The van der Waals surface area contributed by atoms with Crippen molar-refractivity contribution >= 4 is 0 Å². The lowest BCUT2D eigenvalue weighted by Gasteiger charge is -2.53. The van der Waals surface area contributed by atoms with Crippen molar-refractivity contribution in [2.45, 2.75) is 64.1 Å². The van der Waals surface area contributed by atoms with Crippen LogP contribution in [-0.4, -0.2) is 26.1 Å². The van der Waals surface area contributed by atoms with Crippen LogP contribution < -0.4 is 0 Å². The minimum absolute atomic E-state index is 0.227. The Morgan fingerprint density at radius 3 is 2.75 bits per heavy atom. The predicted molar refractivity (Wildman–Crippen MR) is 92.3 cm³/mol. The van der Waals surface area contributed by atoms with Gasteiger partial charge in [-0.15, -0.1) is 0 Å². The highest BCUT2D eigenvalue weighted by atomic mass is 16.7. The Morgan fingerprint density at radius 1 is 1.12 bits per heavy atom. The van der Waals surface area contributed by atoms with Gasteiger partial charge in [0.05, 0.1) is 26.1 Å². The maximum absolute atomic E-state index is 6.23. The van der Waals surface area contributed by atoms with Crippen LogP contribution in [0.1, 0.15) is 58.3 Å². The van der Waals surface area contributed by atoms with Gasteiger partial charge in [0.15, 0.2) is 5.79 Å². The first-order valence-corrected chi connectivity index (χ1v) is 9.88. The monoisotopic (exact) mass is 330 g/mol. The van der Waals surface area contributed by atoms with Crippen molar-refractivity contribution in [2.24, 2.45) is 23.2 Å². The van der Waals surface area contributed by atoms with Crippen molar-refractivity contribution in [3.05, 3.63) is 23.0 Å². The summed E-state index contributed by atoms with van der Waals surface area (Å²) in [7, 11) is 1.81. The molecule has 3 heteroatoms. The van der Waals surface area contributed by atoms with Crippen molar-refractivity contribution in [1.82, 2.24) is 0 Å². The lowest BCUT2D eigenvalue weighted by Crippen LogP contribution is -2.52. The molecule has 4 atom stereocenters. The van der Waals surface area contributed by atoms with E-state index < -0.39 is 0 Å². The third kappa shape index (κ3) is 1.92. The molecule has 2 unspecified atom stereocenters. The third-order valence-electron chi connectivity index (χ3n) is 8.12. The van der Waals surface area contributed by atoms with Crippen LogP contribution >= 0.6 is 0 Å². The van der Waals surface area contributed by atoms with Crippen LogP contribution in [0.15, 0.2) is 23.0 Å². The Hall–Kier alpha value is -0.800. The van der Waals surface area contributed by atoms with Crippen molar-refractivity contribution in [1.29, 1.82) is 0 Å². The van der Waals surface area contributed by atoms with Crippen molar-refractivity contribution in [3.63, 3.8) is 0 Å². The molecule has 3 fully saturated rings. The first-order chi connectivity index (χ1) is 11.7.